The van der Waals surface area contributed by atoms with Crippen molar-refractivity contribution in [1.82, 2.24) is 5.43 Å². The van der Waals surface area contributed by atoms with Crippen LogP contribution in [0.2, 0.25) is 0 Å². The molecule has 0 aliphatic carbocycles. The highest BCUT2D eigenvalue weighted by Gasteiger charge is 2.16. The van der Waals surface area contributed by atoms with Gasteiger partial charge in [0, 0.05) is 30.2 Å². The van der Waals surface area contributed by atoms with Gasteiger partial charge in [0.1, 0.15) is 0 Å². The SMILES string of the molecule is CCCCCCC(=O)Nc1cccc(C(=O)NN=Cc2cc(OC)c(OC(C)=O)c(OC)c2)c1. The molecule has 9 nitrogen and oxygen atoms in total. The molecule has 2 rings (SSSR count). The van der Waals surface area contributed by atoms with E-state index in [1.807, 2.05) is 0 Å². The number of esters is 1. The van der Waals surface area contributed by atoms with Gasteiger partial charge >= 0.3 is 5.97 Å². The molecule has 0 aromatic heterocycles. The molecule has 0 aliphatic heterocycles. The van der Waals surface area contributed by atoms with Crippen molar-refractivity contribution in [2.75, 3.05) is 19.5 Å². The molecule has 2 aromatic rings. The number of rotatable bonds is 12. The van der Waals surface area contributed by atoms with Gasteiger partial charge in [0.2, 0.25) is 11.7 Å². The Morgan fingerprint density at radius 3 is 2.32 bits per heavy atom. The van der Waals surface area contributed by atoms with Gasteiger partial charge in [-0.05, 0) is 36.8 Å². The number of hydrogen-bond acceptors (Lipinski definition) is 7. The second-order valence-electron chi connectivity index (χ2n) is 7.49. The number of benzene rings is 2. The van der Waals surface area contributed by atoms with E-state index in [0.717, 1.165) is 25.7 Å². The molecule has 0 atom stereocenters. The Kier molecular flexibility index (Phi) is 10.6. The third kappa shape index (κ3) is 8.23. The van der Waals surface area contributed by atoms with Crippen molar-refractivity contribution in [2.24, 2.45) is 5.10 Å². The van der Waals surface area contributed by atoms with E-state index >= 15 is 0 Å². The Morgan fingerprint density at radius 1 is 1.00 bits per heavy atom. The minimum atomic E-state index is -0.514. The van der Waals surface area contributed by atoms with E-state index in [4.69, 9.17) is 14.2 Å². The number of hydrazone groups is 1. The Bertz CT molecular complexity index is 1010. The normalized spacial score (nSPS) is 10.6. The van der Waals surface area contributed by atoms with E-state index in [0.29, 0.717) is 23.2 Å². The summed E-state index contributed by atoms with van der Waals surface area (Å²) in [4.78, 5) is 35.9. The van der Waals surface area contributed by atoms with Gasteiger partial charge < -0.3 is 19.5 Å². The van der Waals surface area contributed by atoms with Crippen molar-refractivity contribution < 1.29 is 28.6 Å². The number of anilines is 1. The summed E-state index contributed by atoms with van der Waals surface area (Å²) in [6.07, 6.45) is 5.94. The lowest BCUT2D eigenvalue weighted by atomic mass is 10.1. The van der Waals surface area contributed by atoms with Crippen molar-refractivity contribution in [1.29, 1.82) is 0 Å². The van der Waals surface area contributed by atoms with Crippen molar-refractivity contribution in [3.05, 3.63) is 47.5 Å². The number of amides is 2. The first-order valence-electron chi connectivity index (χ1n) is 11.1. The predicted molar refractivity (Wildman–Crippen MR) is 130 cm³/mol. The van der Waals surface area contributed by atoms with Crippen LogP contribution in [0, 0.1) is 0 Å². The average molecular weight is 470 g/mol. The lowest BCUT2D eigenvalue weighted by molar-refractivity contribution is -0.132. The molecule has 0 saturated heterocycles. The minimum Gasteiger partial charge on any atom is -0.493 e. The second-order valence-corrected chi connectivity index (χ2v) is 7.49. The highest BCUT2D eigenvalue weighted by Crippen LogP contribution is 2.38. The van der Waals surface area contributed by atoms with Crippen LogP contribution in [0.1, 0.15) is 61.9 Å². The van der Waals surface area contributed by atoms with Gasteiger partial charge in [-0.15, -0.1) is 0 Å². The monoisotopic (exact) mass is 469 g/mol. The minimum absolute atomic E-state index is 0.0771. The third-order valence-electron chi connectivity index (χ3n) is 4.77. The maximum atomic E-state index is 12.5. The number of nitrogens with one attached hydrogen (secondary N) is 2. The predicted octanol–water partition coefficient (Wildman–Crippen LogP) is 4.30. The summed E-state index contributed by atoms with van der Waals surface area (Å²) in [5, 5.41) is 6.80. The molecule has 0 saturated carbocycles. The summed E-state index contributed by atoms with van der Waals surface area (Å²) in [5.41, 5.74) is 3.90. The van der Waals surface area contributed by atoms with Gasteiger partial charge in [-0.2, -0.15) is 5.10 Å². The van der Waals surface area contributed by atoms with E-state index in [1.54, 1.807) is 36.4 Å². The molecule has 2 aromatic carbocycles. The molecule has 2 N–H and O–H groups in total. The lowest BCUT2D eigenvalue weighted by Crippen LogP contribution is -2.18. The zero-order valence-electron chi connectivity index (χ0n) is 20.0. The Labute approximate surface area is 199 Å². The molecular formula is C25H31N3O6. The van der Waals surface area contributed by atoms with Crippen molar-refractivity contribution in [3.63, 3.8) is 0 Å². The maximum Gasteiger partial charge on any atom is 0.308 e. The van der Waals surface area contributed by atoms with Crippen molar-refractivity contribution in [2.45, 2.75) is 46.0 Å². The molecule has 2 amide bonds. The number of methoxy groups -OCH3 is 2. The summed E-state index contributed by atoms with van der Waals surface area (Å²) in [5.74, 6) is -0.318. The van der Waals surface area contributed by atoms with Gasteiger partial charge in [0.05, 0.1) is 20.4 Å². The van der Waals surface area contributed by atoms with Crippen LogP contribution in [0.25, 0.3) is 0 Å². The number of carbonyl (C=O) groups is 3. The highest BCUT2D eigenvalue weighted by atomic mass is 16.6. The fourth-order valence-corrected chi connectivity index (χ4v) is 3.12. The van der Waals surface area contributed by atoms with E-state index in [9.17, 15) is 14.4 Å². The fraction of sp³-hybridized carbons (Fsp3) is 0.360. The Balaban J connectivity index is 2.03. The molecule has 9 heteroatoms. The zero-order chi connectivity index (χ0) is 24.9. The van der Waals surface area contributed by atoms with Crippen LogP contribution in [0.15, 0.2) is 41.5 Å². The first-order valence-corrected chi connectivity index (χ1v) is 11.1. The summed E-state index contributed by atoms with van der Waals surface area (Å²) < 4.78 is 15.7. The third-order valence-corrected chi connectivity index (χ3v) is 4.77. The van der Waals surface area contributed by atoms with Crippen LogP contribution in [0.5, 0.6) is 17.2 Å². The average Bonchev–Trinajstić information content (AvgIpc) is 2.82. The summed E-state index contributed by atoms with van der Waals surface area (Å²) in [6, 6.07) is 9.82. The number of hydrogen-bond donors (Lipinski definition) is 2. The Morgan fingerprint density at radius 2 is 1.71 bits per heavy atom. The van der Waals surface area contributed by atoms with Gasteiger partial charge in [0.25, 0.3) is 5.91 Å². The van der Waals surface area contributed by atoms with E-state index in [-0.39, 0.29) is 23.2 Å². The number of ether oxygens (including phenoxy) is 3. The molecule has 0 radical (unpaired) electrons. The molecule has 0 heterocycles. The largest absolute Gasteiger partial charge is 0.493 e. The lowest BCUT2D eigenvalue weighted by Gasteiger charge is -2.13. The molecule has 0 spiro atoms. The summed E-state index contributed by atoms with van der Waals surface area (Å²) >= 11 is 0. The highest BCUT2D eigenvalue weighted by molar-refractivity contribution is 5.97. The van der Waals surface area contributed by atoms with E-state index in [1.165, 1.54) is 27.4 Å². The molecule has 0 unspecified atom stereocenters. The van der Waals surface area contributed by atoms with Crippen LogP contribution in [-0.4, -0.2) is 38.2 Å². The van der Waals surface area contributed by atoms with Crippen LogP contribution in [0.4, 0.5) is 5.69 Å². The molecule has 34 heavy (non-hydrogen) atoms. The van der Waals surface area contributed by atoms with E-state index in [2.05, 4.69) is 22.8 Å². The van der Waals surface area contributed by atoms with Crippen LogP contribution in [0.3, 0.4) is 0 Å². The van der Waals surface area contributed by atoms with Gasteiger partial charge in [-0.3, -0.25) is 14.4 Å². The van der Waals surface area contributed by atoms with Crippen LogP contribution in [-0.2, 0) is 9.59 Å². The van der Waals surface area contributed by atoms with Gasteiger partial charge in [0.15, 0.2) is 11.5 Å². The van der Waals surface area contributed by atoms with Crippen LogP contribution >= 0.6 is 0 Å². The molecule has 0 bridgehead atoms. The number of nitrogens with zero attached hydrogens (tertiary/aromatic N) is 1. The van der Waals surface area contributed by atoms with E-state index < -0.39 is 11.9 Å². The second kappa shape index (κ2) is 13.6. The molecule has 0 fully saturated rings. The number of carbonyl (C=O) groups excluding carboxylic acids is 3. The van der Waals surface area contributed by atoms with Gasteiger partial charge in [-0.25, -0.2) is 5.43 Å². The van der Waals surface area contributed by atoms with Gasteiger partial charge in [-0.1, -0.05) is 32.3 Å². The molecular weight excluding hydrogens is 438 g/mol. The van der Waals surface area contributed by atoms with Crippen molar-refractivity contribution in [3.8, 4) is 17.2 Å². The van der Waals surface area contributed by atoms with Crippen LogP contribution < -0.4 is 25.0 Å². The summed E-state index contributed by atoms with van der Waals surface area (Å²) in [6.45, 7) is 3.40. The molecule has 182 valence electrons. The number of unbranched alkanes of at least 4 members (excludes halogenated alkanes) is 3. The first-order chi connectivity index (χ1) is 16.4. The maximum absolute atomic E-state index is 12.5. The standard InChI is InChI=1S/C25H31N3O6/c1-5-6-7-8-12-23(30)27-20-11-9-10-19(15-20)25(31)28-26-16-18-13-21(32-3)24(34-17(2)29)22(14-18)33-4/h9-11,13-16H,5-8,12H2,1-4H3,(H,27,30)(H,28,31). The smallest absolute Gasteiger partial charge is 0.308 e. The topological polar surface area (TPSA) is 115 Å². The Hall–Kier alpha value is -3.88. The first kappa shape index (κ1) is 26.4. The van der Waals surface area contributed by atoms with Crippen molar-refractivity contribution >= 4 is 29.7 Å². The zero-order valence-corrected chi connectivity index (χ0v) is 20.0. The quantitative estimate of drug-likeness (QED) is 0.157. The summed E-state index contributed by atoms with van der Waals surface area (Å²) in [7, 11) is 2.86. The fourth-order valence-electron chi connectivity index (χ4n) is 3.12. The molecule has 0 aliphatic rings.